The molecule has 0 aromatic carbocycles. The zero-order chi connectivity index (χ0) is 18.8. The lowest BCUT2D eigenvalue weighted by Crippen LogP contribution is -2.64. The highest BCUT2D eigenvalue weighted by molar-refractivity contribution is 14.2. The van der Waals surface area contributed by atoms with Crippen molar-refractivity contribution in [1.29, 1.82) is 0 Å². The molecule has 2 aliphatic rings. The zero-order valence-corrected chi connectivity index (χ0v) is 18.3. The quantitative estimate of drug-likeness (QED) is 0.446. The predicted molar refractivity (Wildman–Crippen MR) is 112 cm³/mol. The van der Waals surface area contributed by atoms with Crippen molar-refractivity contribution in [2.45, 2.75) is 39.2 Å². The molecule has 0 unspecified atom stereocenters. The van der Waals surface area contributed by atoms with Gasteiger partial charge in [0.1, 0.15) is 5.60 Å². The average molecular weight is 486 g/mol. The van der Waals surface area contributed by atoms with Crippen molar-refractivity contribution in [3.63, 3.8) is 0 Å². The molecule has 3 heterocycles. The smallest absolute Gasteiger partial charge is 0.410 e. The van der Waals surface area contributed by atoms with Crippen LogP contribution in [0.5, 0.6) is 0 Å². The molecule has 0 saturated carbocycles. The summed E-state index contributed by atoms with van der Waals surface area (Å²) in [7, 11) is 1.44. The number of piperidine rings is 1. The molecule has 2 aliphatic heterocycles. The summed E-state index contributed by atoms with van der Waals surface area (Å²) in [4.78, 5) is 25.3. The summed E-state index contributed by atoms with van der Waals surface area (Å²) in [5, 5.41) is 2.93. The lowest BCUT2D eigenvalue weighted by atomic mass is 9.73. The largest absolute Gasteiger partial charge is 0.444 e. The Kier molecular flexibility index (Phi) is 5.87. The molecule has 26 heavy (non-hydrogen) atoms. The second-order valence-corrected chi connectivity index (χ2v) is 9.62. The molecule has 0 N–H and O–H groups in total. The molecule has 0 aliphatic carbocycles. The third kappa shape index (κ3) is 4.74. The van der Waals surface area contributed by atoms with E-state index in [9.17, 15) is 4.79 Å². The predicted octanol–water partition coefficient (Wildman–Crippen LogP) is 3.71. The maximum Gasteiger partial charge on any atom is 0.410 e. The van der Waals surface area contributed by atoms with Gasteiger partial charge in [-0.1, -0.05) is 5.92 Å². The van der Waals surface area contributed by atoms with Crippen LogP contribution >= 0.6 is 30.1 Å². The maximum absolute atomic E-state index is 12.4. The minimum absolute atomic E-state index is 0.134. The molecular weight excluding hydrogens is 463 g/mol. The van der Waals surface area contributed by atoms with Gasteiger partial charge in [0, 0.05) is 65.2 Å². The van der Waals surface area contributed by atoms with Crippen molar-refractivity contribution in [3.8, 4) is 11.2 Å². The van der Waals surface area contributed by atoms with Crippen molar-refractivity contribution in [2.24, 2.45) is 5.41 Å². The first-order valence-corrected chi connectivity index (χ1v) is 12.0. The summed E-state index contributed by atoms with van der Waals surface area (Å²) in [5.74, 6) is 3.73. The second-order valence-electron chi connectivity index (χ2n) is 7.94. The van der Waals surface area contributed by atoms with Crippen molar-refractivity contribution < 1.29 is 9.53 Å². The van der Waals surface area contributed by atoms with Crippen molar-refractivity contribution >= 4 is 42.2 Å². The molecule has 3 rings (SSSR count). The minimum atomic E-state index is -0.457. The van der Waals surface area contributed by atoms with Gasteiger partial charge in [0.2, 0.25) is 5.95 Å². The number of hydrogen-bond acceptors (Lipinski definition) is 6. The average Bonchev–Trinajstić information content (AvgIpc) is 2.57. The Labute approximate surface area is 171 Å². The summed E-state index contributed by atoms with van der Waals surface area (Å²) < 4.78 is 5.53. The van der Waals surface area contributed by atoms with Crippen LogP contribution in [0, 0.1) is 16.6 Å². The number of amides is 1. The number of nitrogens with zero attached hydrogens (tertiary/aromatic N) is 4. The highest BCUT2D eigenvalue weighted by atomic mass is 127. The van der Waals surface area contributed by atoms with Crippen LogP contribution in [-0.4, -0.2) is 52.7 Å². The monoisotopic (exact) mass is 486 g/mol. The summed E-state index contributed by atoms with van der Waals surface area (Å²) in [6, 6.07) is 0. The van der Waals surface area contributed by atoms with Gasteiger partial charge in [0.05, 0.1) is 5.56 Å². The van der Waals surface area contributed by atoms with E-state index in [0.717, 1.165) is 50.5 Å². The number of likely N-dealkylation sites (tertiary alicyclic amines) is 1. The van der Waals surface area contributed by atoms with E-state index in [-0.39, 0.29) is 11.5 Å². The highest BCUT2D eigenvalue weighted by Gasteiger charge is 2.48. The molecule has 0 radical (unpaired) electrons. The van der Waals surface area contributed by atoms with Gasteiger partial charge in [0.25, 0.3) is 0 Å². The van der Waals surface area contributed by atoms with Gasteiger partial charge in [-0.2, -0.15) is 0 Å². The van der Waals surface area contributed by atoms with Crippen molar-refractivity contribution in [2.75, 3.05) is 31.1 Å². The van der Waals surface area contributed by atoms with Crippen LogP contribution in [0.15, 0.2) is 12.4 Å². The first kappa shape index (κ1) is 19.5. The number of carbonyl (C=O) groups excluding carboxylic acids is 1. The van der Waals surface area contributed by atoms with Gasteiger partial charge in [0.15, 0.2) is 0 Å². The molecule has 8 heteroatoms. The Morgan fingerprint density at radius 2 is 2.00 bits per heavy atom. The number of aromatic nitrogens is 2. The Morgan fingerprint density at radius 1 is 1.31 bits per heavy atom. The van der Waals surface area contributed by atoms with Gasteiger partial charge in [-0.3, -0.25) is 0 Å². The Bertz CT molecular complexity index is 717. The Balaban J connectivity index is 1.58. The molecule has 0 atom stereocenters. The van der Waals surface area contributed by atoms with Crippen LogP contribution in [0.4, 0.5) is 10.7 Å². The first-order chi connectivity index (χ1) is 12.3. The summed E-state index contributed by atoms with van der Waals surface area (Å²) >= 11 is 2.14. The van der Waals surface area contributed by atoms with E-state index in [1.165, 1.54) is 8.93 Å². The lowest BCUT2D eigenvalue weighted by Gasteiger charge is -2.54. The van der Waals surface area contributed by atoms with Crippen LogP contribution in [0.25, 0.3) is 0 Å². The van der Waals surface area contributed by atoms with Gasteiger partial charge in [-0.25, -0.2) is 14.8 Å². The van der Waals surface area contributed by atoms with E-state index in [4.69, 9.17) is 4.74 Å². The van der Waals surface area contributed by atoms with E-state index in [1.54, 1.807) is 12.4 Å². The maximum atomic E-state index is 12.4. The molecule has 140 valence electrons. The lowest BCUT2D eigenvalue weighted by molar-refractivity contribution is -0.00165. The molecule has 0 bridgehead atoms. The van der Waals surface area contributed by atoms with E-state index in [1.807, 2.05) is 25.7 Å². The number of rotatable bonds is 1. The summed E-state index contributed by atoms with van der Waals surface area (Å²) in [6.07, 6.45) is 5.46. The number of anilines is 1. The zero-order valence-electron chi connectivity index (χ0n) is 15.3. The van der Waals surface area contributed by atoms with Gasteiger partial charge < -0.3 is 14.5 Å². The van der Waals surface area contributed by atoms with Gasteiger partial charge in [-0.15, -0.1) is 0 Å². The van der Waals surface area contributed by atoms with Crippen LogP contribution in [-0.2, 0) is 4.74 Å². The summed E-state index contributed by atoms with van der Waals surface area (Å²) in [6.45, 7) is 8.98. The first-order valence-electron chi connectivity index (χ1n) is 8.64. The Morgan fingerprint density at radius 3 is 2.62 bits per heavy atom. The van der Waals surface area contributed by atoms with E-state index in [0.29, 0.717) is 0 Å². The van der Waals surface area contributed by atoms with E-state index < -0.39 is 5.60 Å². The molecule has 1 amide bonds. The molecular formula is C18H23IN4O2S. The fourth-order valence-electron chi connectivity index (χ4n) is 3.48. The fraction of sp³-hybridized carbons (Fsp3) is 0.611. The third-order valence-electron chi connectivity index (χ3n) is 4.52. The Hall–Kier alpha value is -1.21. The minimum Gasteiger partial charge on any atom is -0.444 e. The van der Waals surface area contributed by atoms with Crippen LogP contribution in [0.1, 0.15) is 39.2 Å². The molecule has 6 nitrogen and oxygen atoms in total. The van der Waals surface area contributed by atoms with Crippen LogP contribution in [0.3, 0.4) is 0 Å². The van der Waals surface area contributed by atoms with Crippen LogP contribution in [0.2, 0.25) is 0 Å². The molecule has 1 aromatic rings. The van der Waals surface area contributed by atoms with Gasteiger partial charge >= 0.3 is 6.09 Å². The topological polar surface area (TPSA) is 58.6 Å². The number of ether oxygens (including phenoxy) is 1. The van der Waals surface area contributed by atoms with E-state index in [2.05, 4.69) is 47.2 Å². The standard InChI is InChI=1S/C18H23IN4O2S/c1-17(2,3)25-16(24)22-7-4-6-18(11-22)12-23(13-18)15-20-9-14(10-21-15)5-8-26-19/h9-10H,4,6-7,11-13H2,1-3H3. The SMILES string of the molecule is CC(C)(C)OC(=O)N1CCCC2(C1)CN(c1ncc(C#CSI)cn1)C2. The van der Waals surface area contributed by atoms with Crippen LogP contribution < -0.4 is 4.90 Å². The number of carbonyl (C=O) groups is 1. The third-order valence-corrected chi connectivity index (χ3v) is 5.36. The second kappa shape index (κ2) is 7.80. The molecule has 1 aromatic heterocycles. The summed E-state index contributed by atoms with van der Waals surface area (Å²) in [5.41, 5.74) is 0.498. The van der Waals surface area contributed by atoms with Crippen molar-refractivity contribution in [3.05, 3.63) is 18.0 Å². The highest BCUT2D eigenvalue weighted by Crippen LogP contribution is 2.40. The van der Waals surface area contributed by atoms with Gasteiger partial charge in [-0.05, 0) is 47.8 Å². The molecule has 2 fully saturated rings. The van der Waals surface area contributed by atoms with Crippen molar-refractivity contribution in [1.82, 2.24) is 14.9 Å². The number of hydrogen-bond donors (Lipinski definition) is 0. The molecule has 1 spiro atoms. The van der Waals surface area contributed by atoms with E-state index >= 15 is 0 Å². The number of halogens is 1. The fourth-order valence-corrected chi connectivity index (χ4v) is 3.97. The normalized spacial score (nSPS) is 18.8. The molecule has 2 saturated heterocycles.